The van der Waals surface area contributed by atoms with Gasteiger partial charge in [-0.05, 0) is 37.8 Å². The van der Waals surface area contributed by atoms with Crippen molar-refractivity contribution < 1.29 is 5.11 Å². The average Bonchev–Trinajstić information content (AvgIpc) is 3.18. The molecule has 0 aromatic carbocycles. The van der Waals surface area contributed by atoms with Crippen LogP contribution in [0.3, 0.4) is 0 Å². The molecule has 1 aliphatic carbocycles. The standard InChI is InChI=1S/C15H15N5OS/c21-9-12-14(10-4-3-7-16-8-10)20(19-18-12)15-17-11-5-1-2-6-13(11)22-15/h3-4,7-8,21H,1-2,5-6,9H2. The molecule has 0 saturated heterocycles. The van der Waals surface area contributed by atoms with Crippen LogP contribution in [0.4, 0.5) is 0 Å². The fourth-order valence-electron chi connectivity index (χ4n) is 2.77. The Morgan fingerprint density at radius 2 is 2.18 bits per heavy atom. The average molecular weight is 313 g/mol. The van der Waals surface area contributed by atoms with Gasteiger partial charge in [-0.25, -0.2) is 4.98 Å². The SMILES string of the molecule is OCc1nnn(-c2nc3c(s2)CCCC3)c1-c1cccnc1. The summed E-state index contributed by atoms with van der Waals surface area (Å²) < 4.78 is 1.73. The molecule has 0 radical (unpaired) electrons. The van der Waals surface area contributed by atoms with Gasteiger partial charge in [0, 0.05) is 22.8 Å². The number of nitrogens with zero attached hydrogens (tertiary/aromatic N) is 5. The first-order valence-corrected chi connectivity index (χ1v) is 8.13. The summed E-state index contributed by atoms with van der Waals surface area (Å²) in [5.74, 6) is 0. The molecule has 0 amide bonds. The zero-order valence-corrected chi connectivity index (χ0v) is 12.8. The number of thiazole rings is 1. The Balaban J connectivity index is 1.85. The van der Waals surface area contributed by atoms with E-state index in [2.05, 4.69) is 15.3 Å². The van der Waals surface area contributed by atoms with Crippen LogP contribution in [-0.2, 0) is 19.4 Å². The van der Waals surface area contributed by atoms with Gasteiger partial charge in [-0.3, -0.25) is 4.98 Å². The highest BCUT2D eigenvalue weighted by molar-refractivity contribution is 7.14. The van der Waals surface area contributed by atoms with E-state index >= 15 is 0 Å². The number of aryl methyl sites for hydroxylation is 2. The van der Waals surface area contributed by atoms with Crippen LogP contribution >= 0.6 is 11.3 Å². The summed E-state index contributed by atoms with van der Waals surface area (Å²) in [5.41, 5.74) is 3.37. The molecule has 3 heterocycles. The third kappa shape index (κ3) is 2.22. The van der Waals surface area contributed by atoms with E-state index in [1.54, 1.807) is 28.4 Å². The van der Waals surface area contributed by atoms with Gasteiger partial charge < -0.3 is 5.11 Å². The Morgan fingerprint density at radius 3 is 2.95 bits per heavy atom. The van der Waals surface area contributed by atoms with E-state index in [1.807, 2.05) is 12.1 Å². The second-order valence-electron chi connectivity index (χ2n) is 5.27. The molecule has 22 heavy (non-hydrogen) atoms. The predicted octanol–water partition coefficient (Wildman–Crippen LogP) is 2.16. The number of pyridine rings is 1. The largest absolute Gasteiger partial charge is 0.390 e. The molecule has 6 nitrogen and oxygen atoms in total. The van der Waals surface area contributed by atoms with Crippen molar-refractivity contribution in [3.05, 3.63) is 40.8 Å². The van der Waals surface area contributed by atoms with Gasteiger partial charge in [0.25, 0.3) is 0 Å². The molecule has 1 aliphatic rings. The van der Waals surface area contributed by atoms with E-state index in [9.17, 15) is 5.11 Å². The van der Waals surface area contributed by atoms with Crippen LogP contribution in [0.1, 0.15) is 29.1 Å². The lowest BCUT2D eigenvalue weighted by Crippen LogP contribution is -2.01. The van der Waals surface area contributed by atoms with E-state index in [0.29, 0.717) is 5.69 Å². The van der Waals surface area contributed by atoms with Crippen LogP contribution in [-0.4, -0.2) is 30.1 Å². The van der Waals surface area contributed by atoms with Crippen molar-refractivity contribution in [2.75, 3.05) is 0 Å². The normalized spacial score (nSPS) is 14.0. The molecule has 112 valence electrons. The summed E-state index contributed by atoms with van der Waals surface area (Å²) in [6, 6.07) is 3.80. The summed E-state index contributed by atoms with van der Waals surface area (Å²) in [6.45, 7) is -0.157. The van der Waals surface area contributed by atoms with Crippen molar-refractivity contribution in [3.63, 3.8) is 0 Å². The highest BCUT2D eigenvalue weighted by Gasteiger charge is 2.21. The molecule has 3 aromatic heterocycles. The van der Waals surface area contributed by atoms with Crippen LogP contribution in [0.2, 0.25) is 0 Å². The minimum atomic E-state index is -0.157. The molecule has 0 fully saturated rings. The fourth-order valence-corrected chi connectivity index (χ4v) is 3.88. The first-order valence-electron chi connectivity index (χ1n) is 7.31. The van der Waals surface area contributed by atoms with Gasteiger partial charge in [0.1, 0.15) is 11.4 Å². The van der Waals surface area contributed by atoms with Gasteiger partial charge in [0.15, 0.2) is 0 Å². The van der Waals surface area contributed by atoms with Gasteiger partial charge in [-0.1, -0.05) is 16.6 Å². The molecule has 0 aliphatic heterocycles. The molecular weight excluding hydrogens is 298 g/mol. The zero-order valence-electron chi connectivity index (χ0n) is 11.9. The van der Waals surface area contributed by atoms with E-state index in [1.165, 1.54) is 23.4 Å². The molecule has 1 N–H and O–H groups in total. The minimum Gasteiger partial charge on any atom is -0.390 e. The third-order valence-corrected chi connectivity index (χ3v) is 4.97. The Hall–Kier alpha value is -2.12. The van der Waals surface area contributed by atoms with Crippen LogP contribution in [0.15, 0.2) is 24.5 Å². The highest BCUT2D eigenvalue weighted by atomic mass is 32.1. The molecule has 0 saturated carbocycles. The molecule has 4 rings (SSSR count). The van der Waals surface area contributed by atoms with Crippen molar-refractivity contribution >= 4 is 11.3 Å². The Labute approximate surface area is 131 Å². The maximum atomic E-state index is 9.55. The number of aliphatic hydroxyl groups is 1. The van der Waals surface area contributed by atoms with Crippen LogP contribution in [0.5, 0.6) is 0 Å². The summed E-state index contributed by atoms with van der Waals surface area (Å²) in [7, 11) is 0. The molecule has 0 bridgehead atoms. The number of hydrogen-bond acceptors (Lipinski definition) is 6. The first-order chi connectivity index (χ1) is 10.9. The van der Waals surface area contributed by atoms with Crippen molar-refractivity contribution in [1.29, 1.82) is 0 Å². The van der Waals surface area contributed by atoms with Crippen molar-refractivity contribution in [1.82, 2.24) is 25.0 Å². The van der Waals surface area contributed by atoms with Gasteiger partial charge in [-0.2, -0.15) is 4.68 Å². The second-order valence-corrected chi connectivity index (χ2v) is 6.33. The number of hydrogen-bond donors (Lipinski definition) is 1. The van der Waals surface area contributed by atoms with E-state index in [4.69, 9.17) is 4.98 Å². The lowest BCUT2D eigenvalue weighted by atomic mass is 10.0. The quantitative estimate of drug-likeness (QED) is 0.802. The monoisotopic (exact) mass is 313 g/mol. The van der Waals surface area contributed by atoms with E-state index in [0.717, 1.165) is 29.2 Å². The van der Waals surface area contributed by atoms with Gasteiger partial charge in [0.05, 0.1) is 12.3 Å². The van der Waals surface area contributed by atoms with Gasteiger partial charge in [-0.15, -0.1) is 5.10 Å². The van der Waals surface area contributed by atoms with Gasteiger partial charge >= 0.3 is 0 Å². The first kappa shape index (κ1) is 13.5. The summed E-state index contributed by atoms with van der Waals surface area (Å²) in [5, 5.41) is 18.7. The molecular formula is C15H15N5OS. The molecule has 3 aromatic rings. The Morgan fingerprint density at radius 1 is 1.27 bits per heavy atom. The maximum absolute atomic E-state index is 9.55. The molecule has 0 unspecified atom stereocenters. The van der Waals surface area contributed by atoms with Crippen LogP contribution < -0.4 is 0 Å². The topological polar surface area (TPSA) is 76.7 Å². The fraction of sp³-hybridized carbons (Fsp3) is 0.333. The van der Waals surface area contributed by atoms with E-state index in [-0.39, 0.29) is 6.61 Å². The Bertz CT molecular complexity index is 772. The lowest BCUT2D eigenvalue weighted by Gasteiger charge is -2.06. The molecule has 0 spiro atoms. The number of fused-ring (bicyclic) bond motifs is 1. The molecule has 7 heteroatoms. The lowest BCUT2D eigenvalue weighted by molar-refractivity contribution is 0.277. The number of aliphatic hydroxyl groups excluding tert-OH is 1. The molecule has 0 atom stereocenters. The smallest absolute Gasteiger partial charge is 0.212 e. The van der Waals surface area contributed by atoms with E-state index < -0.39 is 0 Å². The summed E-state index contributed by atoms with van der Waals surface area (Å²) in [6.07, 6.45) is 8.03. The highest BCUT2D eigenvalue weighted by Crippen LogP contribution is 2.31. The summed E-state index contributed by atoms with van der Waals surface area (Å²) in [4.78, 5) is 10.2. The van der Waals surface area contributed by atoms with Crippen LogP contribution in [0.25, 0.3) is 16.4 Å². The number of rotatable bonds is 3. The third-order valence-electron chi connectivity index (χ3n) is 3.84. The number of aromatic nitrogens is 5. The van der Waals surface area contributed by atoms with Gasteiger partial charge in [0.2, 0.25) is 5.13 Å². The van der Waals surface area contributed by atoms with Crippen molar-refractivity contribution in [3.8, 4) is 16.4 Å². The predicted molar refractivity (Wildman–Crippen MR) is 82.8 cm³/mol. The second kappa shape index (κ2) is 5.58. The van der Waals surface area contributed by atoms with Crippen molar-refractivity contribution in [2.24, 2.45) is 0 Å². The summed E-state index contributed by atoms with van der Waals surface area (Å²) >= 11 is 1.67. The maximum Gasteiger partial charge on any atom is 0.212 e. The minimum absolute atomic E-state index is 0.157. The van der Waals surface area contributed by atoms with Crippen molar-refractivity contribution in [2.45, 2.75) is 32.3 Å². The van der Waals surface area contributed by atoms with Crippen LogP contribution in [0, 0.1) is 0 Å². The zero-order chi connectivity index (χ0) is 14.9. The Kier molecular flexibility index (Phi) is 3.44.